The second kappa shape index (κ2) is 5.84. The normalized spacial score (nSPS) is 10.5. The zero-order valence-corrected chi connectivity index (χ0v) is 12.1. The molecule has 0 aliphatic rings. The number of carbonyl (C=O) groups excluding carboxylic acids is 1. The monoisotopic (exact) mass is 300 g/mol. The first-order valence-electron chi connectivity index (χ1n) is 6.27. The van der Waals surface area contributed by atoms with Gasteiger partial charge in [0.15, 0.2) is 11.5 Å². The third-order valence-corrected chi connectivity index (χ3v) is 3.62. The molecule has 3 aromatic heterocycles. The van der Waals surface area contributed by atoms with Gasteiger partial charge in [-0.2, -0.15) is 5.10 Å². The summed E-state index contributed by atoms with van der Waals surface area (Å²) in [7, 11) is 0. The molecular formula is C14H12N4O2S. The average Bonchev–Trinajstić information content (AvgIpc) is 3.16. The van der Waals surface area contributed by atoms with Gasteiger partial charge < -0.3 is 4.74 Å². The lowest BCUT2D eigenvalue weighted by Gasteiger charge is -2.04. The van der Waals surface area contributed by atoms with E-state index in [1.807, 2.05) is 12.3 Å². The highest BCUT2D eigenvalue weighted by atomic mass is 32.1. The van der Waals surface area contributed by atoms with Crippen LogP contribution in [-0.4, -0.2) is 25.7 Å². The molecule has 0 N–H and O–H groups in total. The Balaban J connectivity index is 1.71. The van der Waals surface area contributed by atoms with Gasteiger partial charge in [0, 0.05) is 23.5 Å². The van der Waals surface area contributed by atoms with Gasteiger partial charge in [0.1, 0.15) is 11.6 Å². The second-order valence-corrected chi connectivity index (χ2v) is 5.23. The van der Waals surface area contributed by atoms with Gasteiger partial charge in [-0.3, -0.25) is 0 Å². The van der Waals surface area contributed by atoms with Gasteiger partial charge in [-0.25, -0.2) is 19.4 Å². The Hall–Kier alpha value is -2.54. The molecule has 106 valence electrons. The lowest BCUT2D eigenvalue weighted by molar-refractivity contribution is 0.0465. The van der Waals surface area contributed by atoms with E-state index in [1.54, 1.807) is 41.3 Å². The van der Waals surface area contributed by atoms with Crippen LogP contribution in [0.1, 0.15) is 21.2 Å². The van der Waals surface area contributed by atoms with E-state index >= 15 is 0 Å². The Morgan fingerprint density at radius 3 is 2.95 bits per heavy atom. The van der Waals surface area contributed by atoms with Crippen LogP contribution in [-0.2, 0) is 11.3 Å². The number of thiazole rings is 1. The smallest absolute Gasteiger partial charge is 0.357 e. The maximum Gasteiger partial charge on any atom is 0.357 e. The number of aromatic nitrogens is 4. The Labute approximate surface area is 125 Å². The summed E-state index contributed by atoms with van der Waals surface area (Å²) in [6.45, 7) is 2.06. The highest BCUT2D eigenvalue weighted by Gasteiger charge is 2.11. The summed E-state index contributed by atoms with van der Waals surface area (Å²) >= 11 is 1.47. The van der Waals surface area contributed by atoms with Crippen LogP contribution in [0, 0.1) is 6.92 Å². The van der Waals surface area contributed by atoms with Crippen LogP contribution in [0.2, 0.25) is 0 Å². The molecule has 0 aliphatic heterocycles. The van der Waals surface area contributed by atoms with Crippen LogP contribution in [0.5, 0.6) is 0 Å². The summed E-state index contributed by atoms with van der Waals surface area (Å²) in [5, 5.41) is 6.76. The fraction of sp³-hybridized carbons (Fsp3) is 0.143. The molecule has 0 amide bonds. The molecule has 0 aliphatic carbocycles. The third-order valence-electron chi connectivity index (χ3n) is 2.68. The number of hydrogen-bond acceptors (Lipinski definition) is 6. The van der Waals surface area contributed by atoms with E-state index in [0.717, 1.165) is 10.7 Å². The Morgan fingerprint density at radius 1 is 1.33 bits per heavy atom. The van der Waals surface area contributed by atoms with E-state index in [1.165, 1.54) is 11.3 Å². The molecule has 0 fully saturated rings. The quantitative estimate of drug-likeness (QED) is 0.692. The van der Waals surface area contributed by atoms with Crippen LogP contribution in [0.15, 0.2) is 42.0 Å². The van der Waals surface area contributed by atoms with Crippen molar-refractivity contribution in [2.75, 3.05) is 0 Å². The summed E-state index contributed by atoms with van der Waals surface area (Å²) in [5.74, 6) is 0.0939. The van der Waals surface area contributed by atoms with Crippen molar-refractivity contribution in [1.82, 2.24) is 19.7 Å². The molecule has 0 aromatic carbocycles. The summed E-state index contributed by atoms with van der Waals surface area (Å²) in [5.41, 5.74) is 1.17. The number of nitrogens with zero attached hydrogens (tertiary/aromatic N) is 4. The molecule has 3 rings (SSSR count). The van der Waals surface area contributed by atoms with E-state index in [-0.39, 0.29) is 12.3 Å². The van der Waals surface area contributed by atoms with Crippen LogP contribution >= 0.6 is 11.3 Å². The SMILES string of the molecule is Cc1csc(COC(=O)c2cccc(-n3cccn3)n2)n1. The molecule has 0 radical (unpaired) electrons. The predicted molar refractivity (Wildman–Crippen MR) is 77.3 cm³/mol. The van der Waals surface area contributed by atoms with Gasteiger partial charge in [-0.1, -0.05) is 6.07 Å². The van der Waals surface area contributed by atoms with E-state index in [9.17, 15) is 4.79 Å². The number of ether oxygens (including phenoxy) is 1. The van der Waals surface area contributed by atoms with Gasteiger partial charge in [-0.15, -0.1) is 11.3 Å². The minimum Gasteiger partial charge on any atom is -0.454 e. The van der Waals surface area contributed by atoms with Gasteiger partial charge in [-0.05, 0) is 25.1 Å². The fourth-order valence-electron chi connectivity index (χ4n) is 1.74. The number of carbonyl (C=O) groups is 1. The maximum absolute atomic E-state index is 12.0. The average molecular weight is 300 g/mol. The Bertz CT molecular complexity index is 752. The fourth-order valence-corrected chi connectivity index (χ4v) is 2.42. The van der Waals surface area contributed by atoms with Crippen molar-refractivity contribution in [3.63, 3.8) is 0 Å². The molecule has 0 saturated heterocycles. The zero-order chi connectivity index (χ0) is 14.7. The molecule has 0 bridgehead atoms. The van der Waals surface area contributed by atoms with Crippen molar-refractivity contribution in [2.45, 2.75) is 13.5 Å². The van der Waals surface area contributed by atoms with Crippen molar-refractivity contribution < 1.29 is 9.53 Å². The van der Waals surface area contributed by atoms with E-state index in [0.29, 0.717) is 5.82 Å². The van der Waals surface area contributed by atoms with Crippen molar-refractivity contribution in [1.29, 1.82) is 0 Å². The highest BCUT2D eigenvalue weighted by Crippen LogP contribution is 2.11. The maximum atomic E-state index is 12.0. The molecule has 0 atom stereocenters. The standard InChI is InChI=1S/C14H12N4O2S/c1-10-9-21-13(16-10)8-20-14(19)11-4-2-5-12(17-11)18-7-3-6-15-18/h2-7,9H,8H2,1H3. The molecule has 0 spiro atoms. The molecule has 3 aromatic rings. The first kappa shape index (κ1) is 13.4. The number of aryl methyl sites for hydroxylation is 1. The lowest BCUT2D eigenvalue weighted by atomic mass is 10.3. The second-order valence-electron chi connectivity index (χ2n) is 4.29. The van der Waals surface area contributed by atoms with Gasteiger partial charge >= 0.3 is 5.97 Å². The van der Waals surface area contributed by atoms with E-state index in [2.05, 4.69) is 15.1 Å². The Morgan fingerprint density at radius 2 is 2.24 bits per heavy atom. The molecule has 0 unspecified atom stereocenters. The number of esters is 1. The van der Waals surface area contributed by atoms with Crippen molar-refractivity contribution >= 4 is 17.3 Å². The zero-order valence-electron chi connectivity index (χ0n) is 11.3. The number of hydrogen-bond donors (Lipinski definition) is 0. The largest absolute Gasteiger partial charge is 0.454 e. The van der Waals surface area contributed by atoms with Crippen molar-refractivity contribution in [3.05, 3.63) is 58.4 Å². The molecule has 0 saturated carbocycles. The molecule has 21 heavy (non-hydrogen) atoms. The summed E-state index contributed by atoms with van der Waals surface area (Å²) < 4.78 is 6.80. The third kappa shape index (κ3) is 3.14. The van der Waals surface area contributed by atoms with Gasteiger partial charge in [0.05, 0.1) is 0 Å². The number of rotatable bonds is 4. The predicted octanol–water partition coefficient (Wildman–Crippen LogP) is 2.39. The van der Waals surface area contributed by atoms with Crippen molar-refractivity contribution in [3.8, 4) is 5.82 Å². The molecule has 6 nitrogen and oxygen atoms in total. The Kier molecular flexibility index (Phi) is 3.74. The van der Waals surface area contributed by atoms with Gasteiger partial charge in [0.25, 0.3) is 0 Å². The van der Waals surface area contributed by atoms with Crippen LogP contribution in [0.4, 0.5) is 0 Å². The first-order chi connectivity index (χ1) is 10.2. The molecular weight excluding hydrogens is 288 g/mol. The lowest BCUT2D eigenvalue weighted by Crippen LogP contribution is -2.09. The number of pyridine rings is 1. The first-order valence-corrected chi connectivity index (χ1v) is 7.15. The van der Waals surface area contributed by atoms with E-state index in [4.69, 9.17) is 4.74 Å². The topological polar surface area (TPSA) is 69.9 Å². The van der Waals surface area contributed by atoms with E-state index < -0.39 is 5.97 Å². The highest BCUT2D eigenvalue weighted by molar-refractivity contribution is 7.09. The summed E-state index contributed by atoms with van der Waals surface area (Å²) in [6, 6.07) is 6.92. The van der Waals surface area contributed by atoms with Crippen LogP contribution in [0.3, 0.4) is 0 Å². The molecule has 3 heterocycles. The molecule has 7 heteroatoms. The summed E-state index contributed by atoms with van der Waals surface area (Å²) in [6.07, 6.45) is 3.41. The van der Waals surface area contributed by atoms with Gasteiger partial charge in [0.2, 0.25) is 0 Å². The minimum absolute atomic E-state index is 0.158. The minimum atomic E-state index is -0.475. The van der Waals surface area contributed by atoms with Crippen LogP contribution < -0.4 is 0 Å². The van der Waals surface area contributed by atoms with Crippen LogP contribution in [0.25, 0.3) is 5.82 Å². The van der Waals surface area contributed by atoms with Crippen molar-refractivity contribution in [2.24, 2.45) is 0 Å². The summed E-state index contributed by atoms with van der Waals surface area (Å²) in [4.78, 5) is 20.5.